The van der Waals surface area contributed by atoms with E-state index < -0.39 is 0 Å². The van der Waals surface area contributed by atoms with Crippen molar-refractivity contribution in [1.29, 1.82) is 0 Å². The number of hydrogen-bond donors (Lipinski definition) is 1. The van der Waals surface area contributed by atoms with Crippen molar-refractivity contribution >= 4 is 0 Å². The fraction of sp³-hybridized carbons (Fsp3) is 0.500. The van der Waals surface area contributed by atoms with E-state index in [-0.39, 0.29) is 0 Å². The Morgan fingerprint density at radius 2 is 1.72 bits per heavy atom. The minimum Gasteiger partial charge on any atom is -0.352 e. The topological polar surface area (TPSA) is 34.8 Å². The number of rotatable bonds is 4. The molecule has 0 bridgehead atoms. The lowest BCUT2D eigenvalue weighted by Gasteiger charge is -2.05. The van der Waals surface area contributed by atoms with Gasteiger partial charge in [-0.1, -0.05) is 0 Å². The summed E-state index contributed by atoms with van der Waals surface area (Å²) in [5.74, 6) is 0. The van der Waals surface area contributed by atoms with Gasteiger partial charge in [-0.2, -0.15) is 5.10 Å². The molecule has 2 aromatic rings. The Labute approximate surface area is 109 Å². The van der Waals surface area contributed by atoms with Gasteiger partial charge < -0.3 is 9.88 Å². The molecule has 2 rings (SSSR count). The van der Waals surface area contributed by atoms with Crippen LogP contribution in [0.4, 0.5) is 0 Å². The zero-order chi connectivity index (χ0) is 13.3. The highest BCUT2D eigenvalue weighted by Crippen LogP contribution is 2.13. The molecule has 0 spiro atoms. The third kappa shape index (κ3) is 2.34. The molecule has 0 saturated heterocycles. The number of aromatic nitrogens is 3. The standard InChI is InChI=1S/C14H22N4/c1-10-6-13(11(2)17(10)4)7-15-8-14-9-16-18(5)12(14)3/h6,9,15H,7-8H2,1-5H3. The second-order valence-electron chi connectivity index (χ2n) is 4.94. The third-order valence-corrected chi connectivity index (χ3v) is 3.85. The first kappa shape index (κ1) is 12.9. The fourth-order valence-corrected chi connectivity index (χ4v) is 2.16. The Bertz CT molecular complexity index is 548. The van der Waals surface area contributed by atoms with Crippen molar-refractivity contribution < 1.29 is 0 Å². The lowest BCUT2D eigenvalue weighted by molar-refractivity contribution is 0.679. The Morgan fingerprint density at radius 3 is 2.22 bits per heavy atom. The van der Waals surface area contributed by atoms with Crippen molar-refractivity contribution in [3.63, 3.8) is 0 Å². The van der Waals surface area contributed by atoms with E-state index in [2.05, 4.69) is 48.9 Å². The molecule has 2 heterocycles. The van der Waals surface area contributed by atoms with E-state index in [0.717, 1.165) is 13.1 Å². The molecule has 18 heavy (non-hydrogen) atoms. The van der Waals surface area contributed by atoms with Gasteiger partial charge in [-0.05, 0) is 32.4 Å². The van der Waals surface area contributed by atoms with Crippen LogP contribution >= 0.6 is 0 Å². The third-order valence-electron chi connectivity index (χ3n) is 3.85. The van der Waals surface area contributed by atoms with Crippen LogP contribution in [0.5, 0.6) is 0 Å². The van der Waals surface area contributed by atoms with E-state index in [1.54, 1.807) is 0 Å². The quantitative estimate of drug-likeness (QED) is 0.895. The molecule has 0 unspecified atom stereocenters. The summed E-state index contributed by atoms with van der Waals surface area (Å²) in [7, 11) is 4.09. The second-order valence-corrected chi connectivity index (χ2v) is 4.94. The van der Waals surface area contributed by atoms with E-state index >= 15 is 0 Å². The molecule has 0 aliphatic rings. The number of nitrogens with zero attached hydrogens (tertiary/aromatic N) is 3. The van der Waals surface area contributed by atoms with Crippen LogP contribution in [-0.2, 0) is 27.2 Å². The van der Waals surface area contributed by atoms with Crippen LogP contribution in [0.2, 0.25) is 0 Å². The lowest BCUT2D eigenvalue weighted by Crippen LogP contribution is -2.13. The Morgan fingerprint density at radius 1 is 1.06 bits per heavy atom. The summed E-state index contributed by atoms with van der Waals surface area (Å²) in [5.41, 5.74) is 6.51. The van der Waals surface area contributed by atoms with Gasteiger partial charge in [0.2, 0.25) is 0 Å². The van der Waals surface area contributed by atoms with Gasteiger partial charge in [0.15, 0.2) is 0 Å². The molecular weight excluding hydrogens is 224 g/mol. The van der Waals surface area contributed by atoms with Crippen molar-refractivity contribution in [2.45, 2.75) is 33.9 Å². The minimum absolute atomic E-state index is 0.868. The van der Waals surface area contributed by atoms with Crippen molar-refractivity contribution in [3.8, 4) is 0 Å². The summed E-state index contributed by atoms with van der Waals surface area (Å²) in [6.07, 6.45) is 1.94. The average Bonchev–Trinajstić information content (AvgIpc) is 2.78. The van der Waals surface area contributed by atoms with Crippen LogP contribution in [0.15, 0.2) is 12.3 Å². The lowest BCUT2D eigenvalue weighted by atomic mass is 10.2. The summed E-state index contributed by atoms with van der Waals surface area (Å²) < 4.78 is 4.14. The first-order chi connectivity index (χ1) is 8.50. The summed E-state index contributed by atoms with van der Waals surface area (Å²) in [6.45, 7) is 8.18. The maximum absolute atomic E-state index is 4.25. The molecule has 0 fully saturated rings. The zero-order valence-corrected chi connectivity index (χ0v) is 11.9. The largest absolute Gasteiger partial charge is 0.352 e. The predicted octanol–water partition coefficient (Wildman–Crippen LogP) is 1.97. The molecule has 98 valence electrons. The van der Waals surface area contributed by atoms with Gasteiger partial charge in [0.25, 0.3) is 0 Å². The molecule has 0 radical (unpaired) electrons. The van der Waals surface area contributed by atoms with Gasteiger partial charge in [0, 0.05) is 49.8 Å². The highest BCUT2D eigenvalue weighted by atomic mass is 15.3. The Hall–Kier alpha value is -1.55. The summed E-state index contributed by atoms with van der Waals surface area (Å²) in [4.78, 5) is 0. The molecule has 1 N–H and O–H groups in total. The normalized spacial score (nSPS) is 11.2. The van der Waals surface area contributed by atoms with Crippen molar-refractivity contribution in [1.82, 2.24) is 19.7 Å². The smallest absolute Gasteiger partial charge is 0.0537 e. The van der Waals surface area contributed by atoms with Crippen molar-refractivity contribution in [2.75, 3.05) is 0 Å². The predicted molar refractivity (Wildman–Crippen MR) is 73.4 cm³/mol. The molecule has 4 heteroatoms. The van der Waals surface area contributed by atoms with Gasteiger partial charge in [-0.3, -0.25) is 4.68 Å². The van der Waals surface area contributed by atoms with Crippen LogP contribution in [0.25, 0.3) is 0 Å². The first-order valence-corrected chi connectivity index (χ1v) is 6.30. The zero-order valence-electron chi connectivity index (χ0n) is 11.9. The Kier molecular flexibility index (Phi) is 3.57. The molecule has 0 aromatic carbocycles. The molecule has 0 aliphatic carbocycles. The van der Waals surface area contributed by atoms with Gasteiger partial charge in [-0.25, -0.2) is 0 Å². The van der Waals surface area contributed by atoms with Crippen LogP contribution in [0, 0.1) is 20.8 Å². The molecule has 0 aliphatic heterocycles. The maximum atomic E-state index is 4.25. The molecule has 2 aromatic heterocycles. The Balaban J connectivity index is 1.96. The van der Waals surface area contributed by atoms with Gasteiger partial charge in [0.05, 0.1) is 6.20 Å². The monoisotopic (exact) mass is 246 g/mol. The van der Waals surface area contributed by atoms with Crippen LogP contribution < -0.4 is 5.32 Å². The van der Waals surface area contributed by atoms with Gasteiger partial charge >= 0.3 is 0 Å². The van der Waals surface area contributed by atoms with Crippen LogP contribution in [-0.4, -0.2) is 14.3 Å². The molecule has 0 atom stereocenters. The van der Waals surface area contributed by atoms with Crippen LogP contribution in [0.3, 0.4) is 0 Å². The summed E-state index contributed by atoms with van der Waals surface area (Å²) >= 11 is 0. The summed E-state index contributed by atoms with van der Waals surface area (Å²) in [6, 6.07) is 2.25. The van der Waals surface area contributed by atoms with Gasteiger partial charge in [0.1, 0.15) is 0 Å². The van der Waals surface area contributed by atoms with E-state index in [1.165, 1.54) is 28.2 Å². The highest BCUT2D eigenvalue weighted by molar-refractivity contribution is 5.26. The highest BCUT2D eigenvalue weighted by Gasteiger charge is 2.07. The van der Waals surface area contributed by atoms with E-state index in [0.29, 0.717) is 0 Å². The second kappa shape index (κ2) is 4.98. The molecule has 4 nitrogen and oxygen atoms in total. The van der Waals surface area contributed by atoms with Crippen molar-refractivity contribution in [2.24, 2.45) is 14.1 Å². The molecular formula is C14H22N4. The van der Waals surface area contributed by atoms with Gasteiger partial charge in [-0.15, -0.1) is 0 Å². The number of aryl methyl sites for hydroxylation is 2. The van der Waals surface area contributed by atoms with E-state index in [9.17, 15) is 0 Å². The van der Waals surface area contributed by atoms with E-state index in [4.69, 9.17) is 0 Å². The number of nitrogens with one attached hydrogen (secondary N) is 1. The number of hydrogen-bond acceptors (Lipinski definition) is 2. The van der Waals surface area contributed by atoms with E-state index in [1.807, 2.05) is 17.9 Å². The minimum atomic E-state index is 0.868. The van der Waals surface area contributed by atoms with Crippen molar-refractivity contribution in [3.05, 3.63) is 40.5 Å². The first-order valence-electron chi connectivity index (χ1n) is 6.30. The average molecular weight is 246 g/mol. The molecule has 0 saturated carbocycles. The summed E-state index contributed by atoms with van der Waals surface area (Å²) in [5, 5.41) is 7.74. The molecule has 0 amide bonds. The fourth-order valence-electron chi connectivity index (χ4n) is 2.16. The van der Waals surface area contributed by atoms with Crippen LogP contribution in [0.1, 0.15) is 28.2 Å². The SMILES string of the molecule is Cc1c(CNCc2cc(C)n(C)c2C)cnn1C. The maximum Gasteiger partial charge on any atom is 0.0537 e.